The highest BCUT2D eigenvalue weighted by Crippen LogP contribution is 2.24. The topological polar surface area (TPSA) is 37.3 Å². The molecule has 2 rings (SSSR count). The number of hydrogen-bond acceptors (Lipinski definition) is 2. The number of hydrogen-bond donors (Lipinski definition) is 1. The summed E-state index contributed by atoms with van der Waals surface area (Å²) < 4.78 is 13.1. The maximum Gasteiger partial charge on any atom is 0.197 e. The van der Waals surface area contributed by atoms with Crippen molar-refractivity contribution in [2.24, 2.45) is 0 Å². The summed E-state index contributed by atoms with van der Waals surface area (Å²) in [6.07, 6.45) is -1.34. The predicted octanol–water partition coefficient (Wildman–Crippen LogP) is 3.40. The highest BCUT2D eigenvalue weighted by Gasteiger charge is 2.21. The number of Topliss-reactive ketones (excluding diaryl/α,β-unsaturated/α-hetero) is 1. The Labute approximate surface area is 109 Å². The number of benzene rings is 2. The zero-order valence-corrected chi connectivity index (χ0v) is 10.1. The quantitative estimate of drug-likeness (QED) is 0.863. The Hall–Kier alpha value is -1.71. The van der Waals surface area contributed by atoms with Gasteiger partial charge in [-0.2, -0.15) is 0 Å². The first kappa shape index (κ1) is 12.7. The van der Waals surface area contributed by atoms with E-state index in [4.69, 9.17) is 11.6 Å². The van der Waals surface area contributed by atoms with Crippen LogP contribution in [0.25, 0.3) is 0 Å². The molecule has 0 radical (unpaired) electrons. The van der Waals surface area contributed by atoms with Gasteiger partial charge in [0.2, 0.25) is 0 Å². The maximum absolute atomic E-state index is 13.1. The molecule has 0 bridgehead atoms. The maximum atomic E-state index is 13.1. The van der Waals surface area contributed by atoms with Gasteiger partial charge in [-0.1, -0.05) is 41.9 Å². The summed E-state index contributed by atoms with van der Waals surface area (Å²) in [4.78, 5) is 12.0. The molecule has 0 amide bonds. The molecule has 4 heteroatoms. The molecular weight excluding hydrogens is 255 g/mol. The zero-order valence-electron chi connectivity index (χ0n) is 9.31. The fraction of sp³-hybridized carbons (Fsp3) is 0.0714. The van der Waals surface area contributed by atoms with Crippen LogP contribution >= 0.6 is 11.6 Å². The first-order valence-corrected chi connectivity index (χ1v) is 5.69. The number of ketones is 1. The van der Waals surface area contributed by atoms with Crippen LogP contribution in [0.15, 0.2) is 48.5 Å². The molecular formula is C14H10ClFO2. The van der Waals surface area contributed by atoms with Gasteiger partial charge in [0, 0.05) is 5.56 Å². The van der Waals surface area contributed by atoms with Crippen molar-refractivity contribution in [3.05, 3.63) is 70.5 Å². The van der Waals surface area contributed by atoms with Crippen LogP contribution in [-0.4, -0.2) is 10.9 Å². The lowest BCUT2D eigenvalue weighted by molar-refractivity contribution is 0.0747. The molecule has 1 N–H and O–H groups in total. The minimum absolute atomic E-state index is 0.0204. The summed E-state index contributed by atoms with van der Waals surface area (Å²) in [5, 5.41) is 10.0. The van der Waals surface area contributed by atoms with Crippen molar-refractivity contribution in [2.45, 2.75) is 6.10 Å². The lowest BCUT2D eigenvalue weighted by Crippen LogP contribution is -2.13. The molecule has 0 fully saturated rings. The van der Waals surface area contributed by atoms with Gasteiger partial charge < -0.3 is 5.11 Å². The van der Waals surface area contributed by atoms with E-state index in [0.717, 1.165) is 12.1 Å². The summed E-state index contributed by atoms with van der Waals surface area (Å²) in [5.74, 6) is -1.19. The third-order valence-corrected chi connectivity index (χ3v) is 2.89. The number of rotatable bonds is 3. The third kappa shape index (κ3) is 2.58. The molecule has 0 aromatic heterocycles. The van der Waals surface area contributed by atoms with Crippen LogP contribution in [0.3, 0.4) is 0 Å². The molecule has 0 heterocycles. The van der Waals surface area contributed by atoms with Crippen molar-refractivity contribution < 1.29 is 14.3 Å². The van der Waals surface area contributed by atoms with Crippen LogP contribution < -0.4 is 0 Å². The molecule has 18 heavy (non-hydrogen) atoms. The second-order valence-electron chi connectivity index (χ2n) is 3.80. The van der Waals surface area contributed by atoms with E-state index in [1.165, 1.54) is 6.07 Å². The van der Waals surface area contributed by atoms with Crippen LogP contribution in [-0.2, 0) is 0 Å². The standard InChI is InChI=1S/C14H10ClFO2/c15-12-7-6-10(16)8-11(12)14(18)13(17)9-4-2-1-3-5-9/h1-8,13,17H. The van der Waals surface area contributed by atoms with Crippen LogP contribution in [0.2, 0.25) is 5.02 Å². The molecule has 0 aliphatic heterocycles. The minimum atomic E-state index is -1.34. The van der Waals surface area contributed by atoms with Crippen LogP contribution in [0.4, 0.5) is 4.39 Å². The van der Waals surface area contributed by atoms with E-state index in [-0.39, 0.29) is 10.6 Å². The van der Waals surface area contributed by atoms with Gasteiger partial charge in [-0.3, -0.25) is 4.79 Å². The third-order valence-electron chi connectivity index (χ3n) is 2.56. The first-order chi connectivity index (χ1) is 8.59. The smallest absolute Gasteiger partial charge is 0.197 e. The summed E-state index contributed by atoms with van der Waals surface area (Å²) in [7, 11) is 0. The van der Waals surface area contributed by atoms with Crippen LogP contribution in [0.1, 0.15) is 22.0 Å². The fourth-order valence-corrected chi connectivity index (χ4v) is 1.83. The number of halogens is 2. The molecule has 2 nitrogen and oxygen atoms in total. The lowest BCUT2D eigenvalue weighted by atomic mass is 10.00. The molecule has 0 saturated heterocycles. The minimum Gasteiger partial charge on any atom is -0.380 e. The second-order valence-corrected chi connectivity index (χ2v) is 4.21. The molecule has 2 aromatic carbocycles. The number of aliphatic hydroxyl groups excluding tert-OH is 1. The Morgan fingerprint density at radius 1 is 1.17 bits per heavy atom. The van der Waals surface area contributed by atoms with E-state index >= 15 is 0 Å². The van der Waals surface area contributed by atoms with E-state index in [0.29, 0.717) is 5.56 Å². The van der Waals surface area contributed by atoms with E-state index in [9.17, 15) is 14.3 Å². The summed E-state index contributed by atoms with van der Waals surface area (Å²) in [6.45, 7) is 0. The Bertz CT molecular complexity index is 569. The predicted molar refractivity (Wildman–Crippen MR) is 67.1 cm³/mol. The number of carbonyl (C=O) groups is 1. The van der Waals surface area contributed by atoms with E-state index in [2.05, 4.69) is 0 Å². The highest BCUT2D eigenvalue weighted by molar-refractivity contribution is 6.34. The average molecular weight is 265 g/mol. The molecule has 0 saturated carbocycles. The van der Waals surface area contributed by atoms with Gasteiger partial charge in [0.25, 0.3) is 0 Å². The van der Waals surface area contributed by atoms with Crippen LogP contribution in [0.5, 0.6) is 0 Å². The Kier molecular flexibility index (Phi) is 3.75. The molecule has 0 aliphatic carbocycles. The zero-order chi connectivity index (χ0) is 13.1. The van der Waals surface area contributed by atoms with Gasteiger partial charge in [0.05, 0.1) is 5.02 Å². The van der Waals surface area contributed by atoms with Gasteiger partial charge >= 0.3 is 0 Å². The molecule has 1 atom stereocenters. The van der Waals surface area contributed by atoms with Crippen LogP contribution in [0, 0.1) is 5.82 Å². The van der Waals surface area contributed by atoms with Gasteiger partial charge in [-0.25, -0.2) is 4.39 Å². The fourth-order valence-electron chi connectivity index (χ4n) is 1.62. The first-order valence-electron chi connectivity index (χ1n) is 5.32. The molecule has 1 unspecified atom stereocenters. The molecule has 0 aliphatic rings. The molecule has 2 aromatic rings. The van der Waals surface area contributed by atoms with Gasteiger partial charge in [-0.05, 0) is 23.8 Å². The number of aliphatic hydroxyl groups is 1. The van der Waals surface area contributed by atoms with E-state index in [1.807, 2.05) is 0 Å². The van der Waals surface area contributed by atoms with Crippen molar-refractivity contribution in [3.63, 3.8) is 0 Å². The second kappa shape index (κ2) is 5.29. The van der Waals surface area contributed by atoms with Gasteiger partial charge in [0.15, 0.2) is 5.78 Å². The Morgan fingerprint density at radius 2 is 1.83 bits per heavy atom. The van der Waals surface area contributed by atoms with Crippen molar-refractivity contribution in [1.82, 2.24) is 0 Å². The van der Waals surface area contributed by atoms with Gasteiger partial charge in [0.1, 0.15) is 11.9 Å². The van der Waals surface area contributed by atoms with Gasteiger partial charge in [-0.15, -0.1) is 0 Å². The van der Waals surface area contributed by atoms with Crippen molar-refractivity contribution in [2.75, 3.05) is 0 Å². The SMILES string of the molecule is O=C(c1cc(F)ccc1Cl)C(O)c1ccccc1. The Morgan fingerprint density at radius 3 is 2.50 bits per heavy atom. The summed E-state index contributed by atoms with van der Waals surface area (Å²) in [6, 6.07) is 11.9. The molecule has 0 spiro atoms. The lowest BCUT2D eigenvalue weighted by Gasteiger charge is -2.11. The summed E-state index contributed by atoms with van der Waals surface area (Å²) >= 11 is 5.82. The largest absolute Gasteiger partial charge is 0.380 e. The van der Waals surface area contributed by atoms with E-state index < -0.39 is 17.7 Å². The monoisotopic (exact) mass is 264 g/mol. The summed E-state index contributed by atoms with van der Waals surface area (Å²) in [5.41, 5.74) is 0.427. The Balaban J connectivity index is 2.34. The number of carbonyl (C=O) groups excluding carboxylic acids is 1. The van der Waals surface area contributed by atoms with E-state index in [1.54, 1.807) is 30.3 Å². The van der Waals surface area contributed by atoms with Crippen molar-refractivity contribution in [3.8, 4) is 0 Å². The van der Waals surface area contributed by atoms with Crippen molar-refractivity contribution in [1.29, 1.82) is 0 Å². The average Bonchev–Trinajstić information content (AvgIpc) is 2.41. The van der Waals surface area contributed by atoms with Crippen molar-refractivity contribution >= 4 is 17.4 Å². The molecule has 92 valence electrons. The highest BCUT2D eigenvalue weighted by atomic mass is 35.5. The normalized spacial score (nSPS) is 12.2.